The van der Waals surface area contributed by atoms with Gasteiger partial charge in [0.15, 0.2) is 11.6 Å². The summed E-state index contributed by atoms with van der Waals surface area (Å²) in [6.45, 7) is 0. The van der Waals surface area contributed by atoms with E-state index >= 15 is 0 Å². The zero-order chi connectivity index (χ0) is 12.5. The zero-order valence-electron chi connectivity index (χ0n) is 9.75. The summed E-state index contributed by atoms with van der Waals surface area (Å²) in [6.07, 6.45) is 2.05. The van der Waals surface area contributed by atoms with E-state index in [0.717, 1.165) is 25.3 Å². The average Bonchev–Trinajstić information content (AvgIpc) is 2.27. The predicted octanol–water partition coefficient (Wildman–Crippen LogP) is 2.96. The summed E-state index contributed by atoms with van der Waals surface area (Å²) in [6, 6.07) is 3.85. The highest BCUT2D eigenvalue weighted by atomic mass is 19.2. The third-order valence-corrected chi connectivity index (χ3v) is 3.60. The fourth-order valence-corrected chi connectivity index (χ4v) is 2.30. The Bertz CT molecular complexity index is 397. The standard InChI is InChI=1S/C13H16F2O2/c1-17-13(6-3-7-13)8-11(16)9-4-2-5-10(14)12(9)15/h2,4-5,11,16H,3,6-8H2,1H3. The minimum absolute atomic E-state index is 0.00771. The van der Waals surface area contributed by atoms with Crippen molar-refractivity contribution in [3.63, 3.8) is 0 Å². The van der Waals surface area contributed by atoms with Crippen LogP contribution in [0.1, 0.15) is 37.4 Å². The van der Waals surface area contributed by atoms with E-state index in [1.165, 1.54) is 12.1 Å². The molecule has 2 rings (SSSR count). The molecule has 0 radical (unpaired) electrons. The van der Waals surface area contributed by atoms with Gasteiger partial charge in [0.05, 0.1) is 11.7 Å². The maximum absolute atomic E-state index is 13.5. The largest absolute Gasteiger partial charge is 0.388 e. The maximum atomic E-state index is 13.5. The number of ether oxygens (including phenoxy) is 1. The second-order valence-corrected chi connectivity index (χ2v) is 4.60. The second-order valence-electron chi connectivity index (χ2n) is 4.60. The number of halogens is 2. The first kappa shape index (κ1) is 12.5. The van der Waals surface area contributed by atoms with Gasteiger partial charge in [0.1, 0.15) is 0 Å². The molecular formula is C13H16F2O2. The molecule has 0 bridgehead atoms. The Hall–Kier alpha value is -1.00. The fraction of sp³-hybridized carbons (Fsp3) is 0.538. The van der Waals surface area contributed by atoms with Crippen molar-refractivity contribution < 1.29 is 18.6 Å². The van der Waals surface area contributed by atoms with Crippen LogP contribution in [-0.4, -0.2) is 17.8 Å². The molecule has 0 amide bonds. The third-order valence-electron chi connectivity index (χ3n) is 3.60. The Morgan fingerprint density at radius 1 is 1.41 bits per heavy atom. The number of benzene rings is 1. The minimum Gasteiger partial charge on any atom is -0.388 e. The number of methoxy groups -OCH3 is 1. The van der Waals surface area contributed by atoms with Gasteiger partial charge in [-0.25, -0.2) is 8.78 Å². The Morgan fingerprint density at radius 3 is 2.65 bits per heavy atom. The quantitative estimate of drug-likeness (QED) is 0.879. The molecule has 1 aromatic rings. The van der Waals surface area contributed by atoms with Crippen LogP contribution in [-0.2, 0) is 4.74 Å². The molecule has 1 atom stereocenters. The molecule has 0 aliphatic heterocycles. The lowest BCUT2D eigenvalue weighted by atomic mass is 9.75. The molecule has 1 aliphatic carbocycles. The Balaban J connectivity index is 2.14. The van der Waals surface area contributed by atoms with Crippen molar-refractivity contribution in [1.82, 2.24) is 0 Å². The lowest BCUT2D eigenvalue weighted by Gasteiger charge is -2.41. The van der Waals surface area contributed by atoms with Crippen LogP contribution in [0.25, 0.3) is 0 Å². The molecule has 1 fully saturated rings. The highest BCUT2D eigenvalue weighted by Gasteiger charge is 2.39. The number of aliphatic hydroxyl groups excluding tert-OH is 1. The van der Waals surface area contributed by atoms with Gasteiger partial charge in [0.2, 0.25) is 0 Å². The van der Waals surface area contributed by atoms with Crippen molar-refractivity contribution in [3.8, 4) is 0 Å². The molecule has 1 saturated carbocycles. The van der Waals surface area contributed by atoms with E-state index < -0.39 is 17.7 Å². The summed E-state index contributed by atoms with van der Waals surface area (Å²) in [5.74, 6) is -1.90. The van der Waals surface area contributed by atoms with Crippen molar-refractivity contribution in [2.24, 2.45) is 0 Å². The van der Waals surface area contributed by atoms with Gasteiger partial charge < -0.3 is 9.84 Å². The Kier molecular flexibility index (Phi) is 3.45. The van der Waals surface area contributed by atoms with Crippen LogP contribution in [0.3, 0.4) is 0 Å². The molecule has 1 N–H and O–H groups in total. The number of aliphatic hydroxyl groups is 1. The summed E-state index contributed by atoms with van der Waals surface area (Å²) < 4.78 is 31.9. The summed E-state index contributed by atoms with van der Waals surface area (Å²) in [5.41, 5.74) is -0.355. The second kappa shape index (κ2) is 4.70. The molecule has 0 saturated heterocycles. The summed E-state index contributed by atoms with van der Waals surface area (Å²) >= 11 is 0. The van der Waals surface area contributed by atoms with Gasteiger partial charge in [-0.2, -0.15) is 0 Å². The third kappa shape index (κ3) is 2.33. The van der Waals surface area contributed by atoms with Gasteiger partial charge in [-0.1, -0.05) is 12.1 Å². The van der Waals surface area contributed by atoms with E-state index in [0.29, 0.717) is 6.42 Å². The van der Waals surface area contributed by atoms with E-state index in [1.54, 1.807) is 7.11 Å². The van der Waals surface area contributed by atoms with Gasteiger partial charge in [-0.3, -0.25) is 0 Å². The van der Waals surface area contributed by atoms with Crippen LogP contribution < -0.4 is 0 Å². The van der Waals surface area contributed by atoms with Crippen LogP contribution in [0.15, 0.2) is 18.2 Å². The number of rotatable bonds is 4. The smallest absolute Gasteiger partial charge is 0.164 e. The van der Waals surface area contributed by atoms with E-state index in [2.05, 4.69) is 0 Å². The van der Waals surface area contributed by atoms with Crippen LogP contribution in [0.2, 0.25) is 0 Å². The van der Waals surface area contributed by atoms with Crippen molar-refractivity contribution in [1.29, 1.82) is 0 Å². The fourth-order valence-electron chi connectivity index (χ4n) is 2.30. The van der Waals surface area contributed by atoms with Crippen molar-refractivity contribution >= 4 is 0 Å². The van der Waals surface area contributed by atoms with Gasteiger partial charge in [0.25, 0.3) is 0 Å². The lowest BCUT2D eigenvalue weighted by molar-refractivity contribution is -0.100. The highest BCUT2D eigenvalue weighted by molar-refractivity contribution is 5.22. The molecular weight excluding hydrogens is 226 g/mol. The summed E-state index contributed by atoms with van der Waals surface area (Å²) in [5, 5.41) is 9.97. The minimum atomic E-state index is -1.02. The Labute approximate surface area is 99.2 Å². The molecule has 0 aromatic heterocycles. The molecule has 1 unspecified atom stereocenters. The molecule has 0 heterocycles. The van der Waals surface area contributed by atoms with Gasteiger partial charge in [-0.05, 0) is 25.3 Å². The molecule has 0 spiro atoms. The molecule has 4 heteroatoms. The first-order valence-electron chi connectivity index (χ1n) is 5.75. The Morgan fingerprint density at radius 2 is 2.12 bits per heavy atom. The average molecular weight is 242 g/mol. The van der Waals surface area contributed by atoms with Gasteiger partial charge >= 0.3 is 0 Å². The highest BCUT2D eigenvalue weighted by Crippen LogP contribution is 2.42. The maximum Gasteiger partial charge on any atom is 0.164 e. The summed E-state index contributed by atoms with van der Waals surface area (Å²) in [4.78, 5) is 0. The van der Waals surface area contributed by atoms with Gasteiger partial charge in [0, 0.05) is 19.1 Å². The zero-order valence-corrected chi connectivity index (χ0v) is 9.75. The van der Waals surface area contributed by atoms with Crippen LogP contribution in [0.4, 0.5) is 8.78 Å². The van der Waals surface area contributed by atoms with Gasteiger partial charge in [-0.15, -0.1) is 0 Å². The predicted molar refractivity (Wildman–Crippen MR) is 59.5 cm³/mol. The summed E-state index contributed by atoms with van der Waals surface area (Å²) in [7, 11) is 1.59. The molecule has 94 valence electrons. The van der Waals surface area contributed by atoms with Crippen LogP contribution in [0, 0.1) is 11.6 Å². The van der Waals surface area contributed by atoms with Crippen LogP contribution >= 0.6 is 0 Å². The van der Waals surface area contributed by atoms with Crippen molar-refractivity contribution in [3.05, 3.63) is 35.4 Å². The van der Waals surface area contributed by atoms with E-state index in [4.69, 9.17) is 4.74 Å². The monoisotopic (exact) mass is 242 g/mol. The van der Waals surface area contributed by atoms with E-state index in [-0.39, 0.29) is 11.2 Å². The SMILES string of the molecule is COC1(CC(O)c2cccc(F)c2F)CCC1. The first-order chi connectivity index (χ1) is 8.08. The lowest BCUT2D eigenvalue weighted by Crippen LogP contribution is -2.40. The van der Waals surface area contributed by atoms with E-state index in [9.17, 15) is 13.9 Å². The first-order valence-corrected chi connectivity index (χ1v) is 5.75. The normalized spacial score (nSPS) is 19.8. The molecule has 1 aliphatic rings. The van der Waals surface area contributed by atoms with E-state index in [1.807, 2.05) is 0 Å². The van der Waals surface area contributed by atoms with Crippen LogP contribution in [0.5, 0.6) is 0 Å². The number of hydrogen-bond donors (Lipinski definition) is 1. The van der Waals surface area contributed by atoms with Crippen molar-refractivity contribution in [2.75, 3.05) is 7.11 Å². The molecule has 2 nitrogen and oxygen atoms in total. The molecule has 17 heavy (non-hydrogen) atoms. The number of hydrogen-bond acceptors (Lipinski definition) is 2. The van der Waals surface area contributed by atoms with Crippen molar-refractivity contribution in [2.45, 2.75) is 37.4 Å². The topological polar surface area (TPSA) is 29.5 Å². The molecule has 1 aromatic carbocycles.